The summed E-state index contributed by atoms with van der Waals surface area (Å²) in [4.78, 5) is 22.3. The van der Waals surface area contributed by atoms with Gasteiger partial charge in [-0.3, -0.25) is 9.59 Å². The summed E-state index contributed by atoms with van der Waals surface area (Å²) in [7, 11) is 0. The van der Waals surface area contributed by atoms with Gasteiger partial charge in [-0.15, -0.1) is 0 Å². The molecule has 22 heavy (non-hydrogen) atoms. The van der Waals surface area contributed by atoms with E-state index in [2.05, 4.69) is 15.9 Å². The van der Waals surface area contributed by atoms with Crippen molar-refractivity contribution >= 4 is 34.4 Å². The Hall–Kier alpha value is -1.86. The zero-order chi connectivity index (χ0) is 15.9. The average Bonchev–Trinajstić information content (AvgIpc) is 3.17. The van der Waals surface area contributed by atoms with Crippen LogP contribution < -0.4 is 4.90 Å². The zero-order valence-electron chi connectivity index (χ0n) is 11.8. The van der Waals surface area contributed by atoms with Gasteiger partial charge in [0.2, 0.25) is 0 Å². The zero-order valence-corrected chi connectivity index (χ0v) is 13.4. The second-order valence-electron chi connectivity index (χ2n) is 4.77. The molecule has 0 spiro atoms. The summed E-state index contributed by atoms with van der Waals surface area (Å²) in [5.74, 6) is 1.42. The Morgan fingerprint density at radius 2 is 1.64 bits per heavy atom. The highest BCUT2D eigenvalue weighted by Crippen LogP contribution is 2.21. The average molecular weight is 370 g/mol. The minimum Gasteiger partial charge on any atom is -0.447 e. The number of carbonyl (C=O) groups excluding carboxylic acids is 2. The molecule has 7 heteroatoms. The second-order valence-corrected chi connectivity index (χ2v) is 5.55. The Kier molecular flexibility index (Phi) is 5.97. The van der Waals surface area contributed by atoms with Crippen LogP contribution in [0.15, 0.2) is 37.8 Å². The van der Waals surface area contributed by atoms with Crippen LogP contribution in [-0.2, 0) is 0 Å². The molecule has 1 N–H and O–H groups in total. The summed E-state index contributed by atoms with van der Waals surface area (Å²) in [5, 5.41) is 9.31. The molecule has 118 valence electrons. The first-order valence-corrected chi connectivity index (χ1v) is 7.60. The number of halogens is 1. The minimum atomic E-state index is -0.188. The molecule has 0 bridgehead atoms. The van der Waals surface area contributed by atoms with Gasteiger partial charge < -0.3 is 18.8 Å². The number of rotatable bonds is 3. The standard InChI is InChI=1S/C10H13NO3.C5H3BrO2/c12-7-9-1-2-10(14-9)11-5-3-8(13)4-6-11;6-5-2-1-4(3-7)8-5/h1-2,7-8,13H,3-6H2;1-3H. The van der Waals surface area contributed by atoms with E-state index < -0.39 is 0 Å². The molecule has 1 aliphatic heterocycles. The number of aliphatic hydroxyl groups is 1. The van der Waals surface area contributed by atoms with E-state index in [0.29, 0.717) is 28.8 Å². The fraction of sp³-hybridized carbons (Fsp3) is 0.333. The Bertz CT molecular complexity index is 613. The van der Waals surface area contributed by atoms with Crippen molar-refractivity contribution in [3.05, 3.63) is 40.5 Å². The molecule has 3 heterocycles. The third kappa shape index (κ3) is 4.57. The summed E-state index contributed by atoms with van der Waals surface area (Å²) < 4.78 is 10.6. The van der Waals surface area contributed by atoms with Gasteiger partial charge in [0.25, 0.3) is 0 Å². The van der Waals surface area contributed by atoms with Crippen molar-refractivity contribution in [2.45, 2.75) is 18.9 Å². The van der Waals surface area contributed by atoms with Gasteiger partial charge in [-0.1, -0.05) is 0 Å². The molecule has 2 aromatic rings. The number of hydrogen-bond donors (Lipinski definition) is 1. The minimum absolute atomic E-state index is 0.188. The number of furan rings is 2. The lowest BCUT2D eigenvalue weighted by Gasteiger charge is -2.29. The molecule has 6 nitrogen and oxygen atoms in total. The van der Waals surface area contributed by atoms with Crippen LogP contribution in [0, 0.1) is 0 Å². The van der Waals surface area contributed by atoms with Crippen LogP contribution in [0.1, 0.15) is 34.0 Å². The summed E-state index contributed by atoms with van der Waals surface area (Å²) in [5.41, 5.74) is 0. The van der Waals surface area contributed by atoms with Gasteiger partial charge in [0.1, 0.15) is 0 Å². The summed E-state index contributed by atoms with van der Waals surface area (Å²) in [6, 6.07) is 6.72. The molecule has 1 aliphatic rings. The number of aldehydes is 2. The van der Waals surface area contributed by atoms with Gasteiger partial charge in [0.15, 0.2) is 34.6 Å². The van der Waals surface area contributed by atoms with Crippen molar-refractivity contribution in [1.82, 2.24) is 0 Å². The molecule has 1 saturated heterocycles. The second kappa shape index (κ2) is 7.95. The quantitative estimate of drug-likeness (QED) is 0.837. The first-order valence-electron chi connectivity index (χ1n) is 6.81. The van der Waals surface area contributed by atoms with Crippen LogP contribution in [-0.4, -0.2) is 36.9 Å². The Balaban J connectivity index is 0.000000188. The van der Waals surface area contributed by atoms with E-state index in [0.717, 1.165) is 31.8 Å². The van der Waals surface area contributed by atoms with Crippen LogP contribution in [0.25, 0.3) is 0 Å². The molecule has 0 aliphatic carbocycles. The van der Waals surface area contributed by atoms with Crippen molar-refractivity contribution in [2.75, 3.05) is 18.0 Å². The Labute approximate surface area is 135 Å². The summed E-state index contributed by atoms with van der Waals surface area (Å²) >= 11 is 3.05. The largest absolute Gasteiger partial charge is 0.447 e. The van der Waals surface area contributed by atoms with E-state index in [1.165, 1.54) is 0 Å². The van der Waals surface area contributed by atoms with Crippen molar-refractivity contribution in [3.63, 3.8) is 0 Å². The maximum atomic E-state index is 10.4. The molecule has 0 radical (unpaired) electrons. The molecule has 3 rings (SSSR count). The maximum absolute atomic E-state index is 10.4. The first kappa shape index (κ1) is 16.5. The number of aliphatic hydroxyl groups excluding tert-OH is 1. The number of piperidine rings is 1. The first-order chi connectivity index (χ1) is 10.6. The topological polar surface area (TPSA) is 83.9 Å². The highest BCUT2D eigenvalue weighted by atomic mass is 79.9. The van der Waals surface area contributed by atoms with Crippen molar-refractivity contribution in [3.8, 4) is 0 Å². The van der Waals surface area contributed by atoms with Gasteiger partial charge in [-0.2, -0.15) is 0 Å². The molecular weight excluding hydrogens is 354 g/mol. The number of carbonyl (C=O) groups is 2. The highest BCUT2D eigenvalue weighted by Gasteiger charge is 2.19. The smallest absolute Gasteiger partial charge is 0.196 e. The van der Waals surface area contributed by atoms with Crippen LogP contribution in [0.4, 0.5) is 5.88 Å². The normalized spacial score (nSPS) is 15.1. The number of hydrogen-bond acceptors (Lipinski definition) is 6. The third-order valence-electron chi connectivity index (χ3n) is 3.22. The molecule has 1 fully saturated rings. The van der Waals surface area contributed by atoms with Gasteiger partial charge >= 0.3 is 0 Å². The molecule has 2 aromatic heterocycles. The molecule has 0 saturated carbocycles. The van der Waals surface area contributed by atoms with E-state index in [-0.39, 0.29) is 6.10 Å². The molecule has 0 amide bonds. The monoisotopic (exact) mass is 369 g/mol. The van der Waals surface area contributed by atoms with Crippen LogP contribution in [0.2, 0.25) is 0 Å². The lowest BCUT2D eigenvalue weighted by molar-refractivity contribution is 0.109. The van der Waals surface area contributed by atoms with Crippen molar-refractivity contribution < 1.29 is 23.5 Å². The fourth-order valence-electron chi connectivity index (χ4n) is 2.05. The molecule has 0 unspecified atom stereocenters. The van der Waals surface area contributed by atoms with E-state index >= 15 is 0 Å². The highest BCUT2D eigenvalue weighted by molar-refractivity contribution is 9.10. The lowest BCUT2D eigenvalue weighted by Crippen LogP contribution is -2.35. The van der Waals surface area contributed by atoms with Crippen LogP contribution in [0.5, 0.6) is 0 Å². The lowest BCUT2D eigenvalue weighted by atomic mass is 10.1. The molecular formula is C15H16BrNO5. The fourth-order valence-corrected chi connectivity index (χ4v) is 2.37. The Morgan fingerprint density at radius 3 is 2.09 bits per heavy atom. The number of nitrogens with zero attached hydrogens (tertiary/aromatic N) is 1. The molecule has 0 atom stereocenters. The van der Waals surface area contributed by atoms with E-state index in [9.17, 15) is 14.7 Å². The van der Waals surface area contributed by atoms with E-state index in [1.54, 1.807) is 24.3 Å². The van der Waals surface area contributed by atoms with Crippen molar-refractivity contribution in [1.29, 1.82) is 0 Å². The maximum Gasteiger partial charge on any atom is 0.196 e. The SMILES string of the molecule is O=Cc1ccc(Br)o1.O=Cc1ccc(N2CCC(O)CC2)o1. The Morgan fingerprint density at radius 1 is 1.05 bits per heavy atom. The third-order valence-corrected chi connectivity index (χ3v) is 3.64. The van der Waals surface area contributed by atoms with Gasteiger partial charge in [-0.05, 0) is 47.0 Å². The van der Waals surface area contributed by atoms with Crippen LogP contribution in [0.3, 0.4) is 0 Å². The molecule has 0 aromatic carbocycles. The predicted molar refractivity (Wildman–Crippen MR) is 83.3 cm³/mol. The van der Waals surface area contributed by atoms with E-state index in [4.69, 9.17) is 8.83 Å². The van der Waals surface area contributed by atoms with Gasteiger partial charge in [-0.25, -0.2) is 0 Å². The summed E-state index contributed by atoms with van der Waals surface area (Å²) in [6.07, 6.45) is 2.69. The predicted octanol–water partition coefficient (Wildman–Crippen LogP) is 2.91. The van der Waals surface area contributed by atoms with Gasteiger partial charge in [0, 0.05) is 19.2 Å². The van der Waals surface area contributed by atoms with Gasteiger partial charge in [0.05, 0.1) is 6.10 Å². The van der Waals surface area contributed by atoms with Crippen LogP contribution >= 0.6 is 15.9 Å². The van der Waals surface area contributed by atoms with Crippen molar-refractivity contribution in [2.24, 2.45) is 0 Å². The number of anilines is 1. The summed E-state index contributed by atoms with van der Waals surface area (Å²) in [6.45, 7) is 1.57. The van der Waals surface area contributed by atoms with E-state index in [1.807, 2.05) is 4.90 Å².